The van der Waals surface area contributed by atoms with Gasteiger partial charge in [0, 0.05) is 21.3 Å². The second-order valence-corrected chi connectivity index (χ2v) is 5.84. The molecule has 1 N–H and O–H groups in total. The maximum Gasteiger partial charge on any atom is 0.146 e. The number of halogens is 3. The number of hydrogen-bond donors (Lipinski definition) is 1. The Balaban J connectivity index is 2.44. The molecule has 0 spiro atoms. The molecule has 106 valence electrons. The molecule has 20 heavy (non-hydrogen) atoms. The zero-order valence-electron chi connectivity index (χ0n) is 11.0. The van der Waals surface area contributed by atoms with Crippen LogP contribution in [-0.2, 0) is 0 Å². The molecule has 0 saturated heterocycles. The van der Waals surface area contributed by atoms with Crippen LogP contribution in [0.5, 0.6) is 0 Å². The van der Waals surface area contributed by atoms with Gasteiger partial charge in [-0.05, 0) is 42.8 Å². The summed E-state index contributed by atoms with van der Waals surface area (Å²) in [5, 5.41) is 3.97. The first kappa shape index (κ1) is 15.4. The summed E-state index contributed by atoms with van der Waals surface area (Å²) >= 11 is 9.51. The fourth-order valence-corrected chi connectivity index (χ4v) is 2.94. The highest BCUT2D eigenvalue weighted by Crippen LogP contribution is 2.29. The van der Waals surface area contributed by atoms with Crippen molar-refractivity contribution in [1.29, 1.82) is 0 Å². The average Bonchev–Trinajstić information content (AvgIpc) is 2.40. The molecule has 2 nitrogen and oxygen atoms in total. The van der Waals surface area contributed by atoms with Gasteiger partial charge in [-0.15, -0.1) is 0 Å². The Morgan fingerprint density at radius 2 is 2.20 bits per heavy atom. The predicted octanol–water partition coefficient (Wildman–Crippen LogP) is 4.73. The molecule has 1 heterocycles. The van der Waals surface area contributed by atoms with Crippen molar-refractivity contribution in [3.8, 4) is 0 Å². The maximum absolute atomic E-state index is 14.0. The van der Waals surface area contributed by atoms with Gasteiger partial charge in [-0.3, -0.25) is 4.98 Å². The Morgan fingerprint density at radius 3 is 2.85 bits per heavy atom. The minimum Gasteiger partial charge on any atom is -0.306 e. The molecule has 0 aliphatic rings. The first-order chi connectivity index (χ1) is 9.61. The highest BCUT2D eigenvalue weighted by Gasteiger charge is 2.18. The number of benzene rings is 1. The maximum atomic E-state index is 14.0. The summed E-state index contributed by atoms with van der Waals surface area (Å²) in [7, 11) is 0. The largest absolute Gasteiger partial charge is 0.306 e. The van der Waals surface area contributed by atoms with Gasteiger partial charge in [-0.1, -0.05) is 34.5 Å². The van der Waals surface area contributed by atoms with E-state index < -0.39 is 0 Å². The lowest BCUT2D eigenvalue weighted by Gasteiger charge is -2.20. The molecule has 1 atom stereocenters. The van der Waals surface area contributed by atoms with Gasteiger partial charge in [0.05, 0.1) is 12.2 Å². The minimum absolute atomic E-state index is 0.243. The summed E-state index contributed by atoms with van der Waals surface area (Å²) in [5.74, 6) is -0.322. The van der Waals surface area contributed by atoms with Crippen LogP contribution in [0.15, 0.2) is 41.1 Å². The van der Waals surface area contributed by atoms with E-state index in [1.807, 2.05) is 18.2 Å². The molecule has 0 saturated carbocycles. The smallest absolute Gasteiger partial charge is 0.146 e. The summed E-state index contributed by atoms with van der Waals surface area (Å²) in [6.45, 7) is 2.86. The molecule has 1 aromatic heterocycles. The molecule has 2 aromatic rings. The predicted molar refractivity (Wildman–Crippen MR) is 83.5 cm³/mol. The van der Waals surface area contributed by atoms with E-state index in [2.05, 4.69) is 33.2 Å². The van der Waals surface area contributed by atoms with Gasteiger partial charge >= 0.3 is 0 Å². The van der Waals surface area contributed by atoms with E-state index in [9.17, 15) is 4.39 Å². The second-order valence-electron chi connectivity index (χ2n) is 4.49. The van der Waals surface area contributed by atoms with E-state index in [1.54, 1.807) is 12.3 Å². The molecule has 5 heteroatoms. The average molecular weight is 358 g/mol. The van der Waals surface area contributed by atoms with Crippen molar-refractivity contribution in [2.45, 2.75) is 19.4 Å². The van der Waals surface area contributed by atoms with Gasteiger partial charge in [0.25, 0.3) is 0 Å². The molecular formula is C15H15BrClFN2. The van der Waals surface area contributed by atoms with Gasteiger partial charge in [-0.25, -0.2) is 4.39 Å². The van der Waals surface area contributed by atoms with E-state index in [4.69, 9.17) is 11.6 Å². The van der Waals surface area contributed by atoms with Crippen LogP contribution in [0, 0.1) is 5.82 Å². The fraction of sp³-hybridized carbons (Fsp3) is 0.267. The number of aromatic nitrogens is 1. The number of nitrogens with one attached hydrogen (secondary N) is 1. The minimum atomic E-state index is -0.322. The van der Waals surface area contributed by atoms with Gasteiger partial charge in [-0.2, -0.15) is 0 Å². The van der Waals surface area contributed by atoms with Gasteiger partial charge in [0.1, 0.15) is 5.82 Å². The van der Waals surface area contributed by atoms with Crippen LogP contribution in [0.2, 0.25) is 5.02 Å². The topological polar surface area (TPSA) is 24.9 Å². The zero-order valence-corrected chi connectivity index (χ0v) is 13.4. The van der Waals surface area contributed by atoms with Gasteiger partial charge in [0.2, 0.25) is 0 Å². The lowest BCUT2D eigenvalue weighted by atomic mass is 9.99. The van der Waals surface area contributed by atoms with Crippen molar-refractivity contribution in [2.24, 2.45) is 0 Å². The van der Waals surface area contributed by atoms with Gasteiger partial charge < -0.3 is 5.32 Å². The highest BCUT2D eigenvalue weighted by atomic mass is 79.9. The van der Waals surface area contributed by atoms with E-state index >= 15 is 0 Å². The van der Waals surface area contributed by atoms with E-state index in [0.717, 1.165) is 23.0 Å². The van der Waals surface area contributed by atoms with Crippen molar-refractivity contribution in [3.63, 3.8) is 0 Å². The summed E-state index contributed by atoms with van der Waals surface area (Å²) in [5.41, 5.74) is 1.49. The van der Waals surface area contributed by atoms with Crippen molar-refractivity contribution >= 4 is 27.5 Å². The molecule has 1 unspecified atom stereocenters. The van der Waals surface area contributed by atoms with E-state index in [-0.39, 0.29) is 11.9 Å². The van der Waals surface area contributed by atoms with Crippen molar-refractivity contribution in [3.05, 3.63) is 63.1 Å². The standard InChI is InChI=1S/C15H15BrClFN2/c1-2-4-20-15(13-3-5-19-9-14(13)18)10-6-11(16)8-12(17)7-10/h3,5-9,15,20H,2,4H2,1H3. The third-order valence-electron chi connectivity index (χ3n) is 2.93. The lowest BCUT2D eigenvalue weighted by molar-refractivity contribution is 0.543. The van der Waals surface area contributed by atoms with Crippen molar-refractivity contribution < 1.29 is 4.39 Å². The van der Waals surface area contributed by atoms with Crippen LogP contribution >= 0.6 is 27.5 Å². The Kier molecular flexibility index (Phi) is 5.52. The van der Waals surface area contributed by atoms with E-state index in [0.29, 0.717) is 10.6 Å². The number of nitrogens with zero attached hydrogens (tertiary/aromatic N) is 1. The molecule has 0 amide bonds. The van der Waals surface area contributed by atoms with Crippen molar-refractivity contribution in [1.82, 2.24) is 10.3 Å². The molecule has 2 rings (SSSR count). The monoisotopic (exact) mass is 356 g/mol. The number of pyridine rings is 1. The Hall–Kier alpha value is -0.970. The number of rotatable bonds is 5. The SMILES string of the molecule is CCCNC(c1cc(Cl)cc(Br)c1)c1ccncc1F. The molecular weight excluding hydrogens is 343 g/mol. The third-order valence-corrected chi connectivity index (χ3v) is 3.61. The summed E-state index contributed by atoms with van der Waals surface area (Å²) in [4.78, 5) is 3.80. The quantitative estimate of drug-likeness (QED) is 0.837. The molecule has 0 fully saturated rings. The Labute approximate surface area is 131 Å². The summed E-state index contributed by atoms with van der Waals surface area (Å²) < 4.78 is 14.9. The Bertz CT molecular complexity index is 572. The van der Waals surface area contributed by atoms with Crippen LogP contribution in [0.25, 0.3) is 0 Å². The second kappa shape index (κ2) is 7.16. The highest BCUT2D eigenvalue weighted by molar-refractivity contribution is 9.10. The molecule has 0 aliphatic heterocycles. The normalized spacial score (nSPS) is 12.4. The number of hydrogen-bond acceptors (Lipinski definition) is 2. The van der Waals surface area contributed by atoms with Crippen LogP contribution in [-0.4, -0.2) is 11.5 Å². The van der Waals surface area contributed by atoms with E-state index in [1.165, 1.54) is 6.20 Å². The van der Waals surface area contributed by atoms with Crippen LogP contribution in [0.1, 0.15) is 30.5 Å². The first-order valence-electron chi connectivity index (χ1n) is 6.40. The molecule has 0 bridgehead atoms. The molecule has 0 aliphatic carbocycles. The lowest BCUT2D eigenvalue weighted by Crippen LogP contribution is -2.24. The van der Waals surface area contributed by atoms with Gasteiger partial charge in [0.15, 0.2) is 0 Å². The first-order valence-corrected chi connectivity index (χ1v) is 7.57. The molecule has 1 aromatic carbocycles. The van der Waals surface area contributed by atoms with Crippen LogP contribution < -0.4 is 5.32 Å². The third kappa shape index (κ3) is 3.78. The van der Waals surface area contributed by atoms with Crippen LogP contribution in [0.4, 0.5) is 4.39 Å². The molecule has 0 radical (unpaired) electrons. The summed E-state index contributed by atoms with van der Waals surface area (Å²) in [6, 6.07) is 7.05. The van der Waals surface area contributed by atoms with Crippen LogP contribution in [0.3, 0.4) is 0 Å². The summed E-state index contributed by atoms with van der Waals surface area (Å²) in [6.07, 6.45) is 3.79. The fourth-order valence-electron chi connectivity index (χ4n) is 2.06. The Morgan fingerprint density at radius 1 is 1.40 bits per heavy atom. The zero-order chi connectivity index (χ0) is 14.5. The van der Waals surface area contributed by atoms with Crippen molar-refractivity contribution in [2.75, 3.05) is 6.54 Å².